The number of benzene rings is 1. The lowest BCUT2D eigenvalue weighted by atomic mass is 10.1. The highest BCUT2D eigenvalue weighted by molar-refractivity contribution is 7.89. The van der Waals surface area contributed by atoms with Crippen LogP contribution in [0.2, 0.25) is 0 Å². The van der Waals surface area contributed by atoms with Crippen molar-refractivity contribution in [1.29, 1.82) is 0 Å². The van der Waals surface area contributed by atoms with Crippen molar-refractivity contribution in [2.75, 3.05) is 18.4 Å². The summed E-state index contributed by atoms with van der Waals surface area (Å²) in [7, 11) is -1.97. The average molecular weight is 477 g/mol. The summed E-state index contributed by atoms with van der Waals surface area (Å²) in [5, 5.41) is 3.22. The van der Waals surface area contributed by atoms with Crippen LogP contribution < -0.4 is 5.32 Å². The molecule has 1 fully saturated rings. The Kier molecular flexibility index (Phi) is 6.45. The van der Waals surface area contributed by atoms with Crippen LogP contribution in [0.5, 0.6) is 0 Å². The van der Waals surface area contributed by atoms with E-state index in [4.69, 9.17) is 0 Å². The molecule has 1 saturated heterocycles. The van der Waals surface area contributed by atoms with E-state index in [9.17, 15) is 17.6 Å². The molecule has 0 atom stereocenters. The molecule has 170 valence electrons. The van der Waals surface area contributed by atoms with Crippen LogP contribution in [0, 0.1) is 12.7 Å². The summed E-state index contributed by atoms with van der Waals surface area (Å²) in [6, 6.07) is 7.69. The number of piperidine rings is 1. The summed E-state index contributed by atoms with van der Waals surface area (Å²) in [6.45, 7) is 2.87. The molecule has 1 aliphatic rings. The molecule has 1 N–H and O–H groups in total. The van der Waals surface area contributed by atoms with E-state index in [0.29, 0.717) is 24.6 Å². The zero-order valence-corrected chi connectivity index (χ0v) is 19.6. The predicted molar refractivity (Wildman–Crippen MR) is 122 cm³/mol. The van der Waals surface area contributed by atoms with Crippen LogP contribution in [-0.4, -0.2) is 41.3 Å². The van der Waals surface area contributed by atoms with Gasteiger partial charge in [0.25, 0.3) is 5.91 Å². The lowest BCUT2D eigenvalue weighted by molar-refractivity contribution is 0.101. The second-order valence-electron chi connectivity index (χ2n) is 7.92. The number of amides is 1. The Morgan fingerprint density at radius 1 is 1.19 bits per heavy atom. The maximum Gasteiger partial charge on any atom is 0.274 e. The summed E-state index contributed by atoms with van der Waals surface area (Å²) >= 11 is 1.35. The molecule has 0 radical (unpaired) electrons. The second kappa shape index (κ2) is 9.13. The number of hydrogen-bond acceptors (Lipinski definition) is 5. The molecule has 0 saturated carbocycles. The average Bonchev–Trinajstić information content (AvgIpc) is 3.33. The van der Waals surface area contributed by atoms with Gasteiger partial charge >= 0.3 is 0 Å². The summed E-state index contributed by atoms with van der Waals surface area (Å²) in [4.78, 5) is 18.4. The number of carbonyl (C=O) groups excluding carboxylic acids is 1. The fourth-order valence-electron chi connectivity index (χ4n) is 3.75. The minimum Gasteiger partial charge on any atom is -0.345 e. The lowest BCUT2D eigenvalue weighted by Gasteiger charge is -2.25. The number of nitrogens with zero attached hydrogens (tertiary/aromatic N) is 3. The van der Waals surface area contributed by atoms with Gasteiger partial charge in [-0.3, -0.25) is 10.1 Å². The van der Waals surface area contributed by atoms with Crippen LogP contribution >= 0.6 is 11.3 Å². The van der Waals surface area contributed by atoms with E-state index < -0.39 is 15.9 Å². The number of aryl methyl sites for hydroxylation is 2. The van der Waals surface area contributed by atoms with Gasteiger partial charge in [0, 0.05) is 37.6 Å². The van der Waals surface area contributed by atoms with Gasteiger partial charge in [0.1, 0.15) is 16.4 Å². The third kappa shape index (κ3) is 4.77. The number of anilines is 1. The zero-order valence-electron chi connectivity index (χ0n) is 18.0. The largest absolute Gasteiger partial charge is 0.345 e. The number of aromatic nitrogens is 2. The van der Waals surface area contributed by atoms with Crippen molar-refractivity contribution < 1.29 is 17.6 Å². The normalized spacial score (nSPS) is 15.1. The Morgan fingerprint density at radius 2 is 1.88 bits per heavy atom. The zero-order chi connectivity index (χ0) is 22.9. The molecule has 0 aliphatic carbocycles. The quantitative estimate of drug-likeness (QED) is 0.584. The molecule has 1 amide bonds. The fraction of sp³-hybridized carbons (Fsp3) is 0.364. The number of hydrogen-bond donors (Lipinski definition) is 1. The van der Waals surface area contributed by atoms with Gasteiger partial charge in [-0.1, -0.05) is 18.6 Å². The maximum absolute atomic E-state index is 13.1. The van der Waals surface area contributed by atoms with E-state index in [-0.39, 0.29) is 16.4 Å². The Labute approximate surface area is 191 Å². The SMILES string of the molecule is Cc1nc(NC(=O)c2cc(S(=O)(=O)N3CCCCC3)cn2C)sc1Cc1ccc(F)cc1. The molecule has 3 aromatic rings. The topological polar surface area (TPSA) is 84.3 Å². The standard InChI is InChI=1S/C22H25FN4O3S2/c1-15-20(12-16-6-8-17(23)9-7-16)31-22(24-15)25-21(28)19-13-18(14-26(19)2)32(29,30)27-10-4-3-5-11-27/h6-9,13-14H,3-5,10-12H2,1-2H3,(H,24,25,28). The van der Waals surface area contributed by atoms with Crippen molar-refractivity contribution in [1.82, 2.24) is 13.9 Å². The third-order valence-electron chi connectivity index (χ3n) is 5.56. The number of thiazole rings is 1. The first kappa shape index (κ1) is 22.6. The third-order valence-corrected chi connectivity index (χ3v) is 8.49. The van der Waals surface area contributed by atoms with E-state index in [1.165, 1.54) is 44.6 Å². The molecular formula is C22H25FN4O3S2. The summed E-state index contributed by atoms with van der Waals surface area (Å²) in [6.07, 6.45) is 4.80. The monoisotopic (exact) mass is 476 g/mol. The molecule has 1 aromatic carbocycles. The van der Waals surface area contributed by atoms with Crippen LogP contribution in [-0.2, 0) is 23.5 Å². The first-order valence-corrected chi connectivity index (χ1v) is 12.7. The van der Waals surface area contributed by atoms with Crippen molar-refractivity contribution in [3.63, 3.8) is 0 Å². The van der Waals surface area contributed by atoms with E-state index in [0.717, 1.165) is 35.4 Å². The van der Waals surface area contributed by atoms with Crippen LogP contribution in [0.3, 0.4) is 0 Å². The molecule has 10 heteroatoms. The van der Waals surface area contributed by atoms with Crippen molar-refractivity contribution in [2.24, 2.45) is 7.05 Å². The molecular weight excluding hydrogens is 451 g/mol. The second-order valence-corrected chi connectivity index (χ2v) is 10.9. The molecule has 0 spiro atoms. The van der Waals surface area contributed by atoms with Crippen LogP contribution in [0.1, 0.15) is 45.9 Å². The fourth-order valence-corrected chi connectivity index (χ4v) is 6.33. The molecule has 0 bridgehead atoms. The van der Waals surface area contributed by atoms with Gasteiger partial charge in [0.05, 0.1) is 5.69 Å². The number of rotatable bonds is 6. The molecule has 3 heterocycles. The van der Waals surface area contributed by atoms with E-state index in [2.05, 4.69) is 10.3 Å². The first-order valence-electron chi connectivity index (χ1n) is 10.4. The molecule has 2 aromatic heterocycles. The van der Waals surface area contributed by atoms with Crippen LogP contribution in [0.4, 0.5) is 9.52 Å². The minimum atomic E-state index is -3.62. The first-order chi connectivity index (χ1) is 15.2. The number of nitrogens with one attached hydrogen (secondary N) is 1. The highest BCUT2D eigenvalue weighted by Gasteiger charge is 2.28. The summed E-state index contributed by atoms with van der Waals surface area (Å²) < 4.78 is 42.0. The van der Waals surface area contributed by atoms with Crippen molar-refractivity contribution in [3.05, 3.63) is 64.2 Å². The lowest BCUT2D eigenvalue weighted by Crippen LogP contribution is -2.35. The van der Waals surface area contributed by atoms with Gasteiger partial charge < -0.3 is 4.57 Å². The Morgan fingerprint density at radius 3 is 2.56 bits per heavy atom. The minimum absolute atomic E-state index is 0.124. The van der Waals surface area contributed by atoms with Gasteiger partial charge in [-0.15, -0.1) is 11.3 Å². The van der Waals surface area contributed by atoms with Gasteiger partial charge in [-0.2, -0.15) is 4.31 Å². The number of sulfonamides is 1. The molecule has 7 nitrogen and oxygen atoms in total. The van der Waals surface area contributed by atoms with Gasteiger partial charge in [-0.05, 0) is 43.5 Å². The van der Waals surface area contributed by atoms with Crippen LogP contribution in [0.25, 0.3) is 0 Å². The molecule has 4 rings (SSSR count). The summed E-state index contributed by atoms with van der Waals surface area (Å²) in [5.41, 5.74) is 1.98. The van der Waals surface area contributed by atoms with Gasteiger partial charge in [0.15, 0.2) is 5.13 Å². The highest BCUT2D eigenvalue weighted by Crippen LogP contribution is 2.27. The van der Waals surface area contributed by atoms with Gasteiger partial charge in [-0.25, -0.2) is 17.8 Å². The van der Waals surface area contributed by atoms with Gasteiger partial charge in [0.2, 0.25) is 10.0 Å². The Balaban J connectivity index is 1.49. The van der Waals surface area contributed by atoms with E-state index in [1.807, 2.05) is 6.92 Å². The predicted octanol–water partition coefficient (Wildman–Crippen LogP) is 3.95. The maximum atomic E-state index is 13.1. The highest BCUT2D eigenvalue weighted by atomic mass is 32.2. The van der Waals surface area contributed by atoms with E-state index >= 15 is 0 Å². The smallest absolute Gasteiger partial charge is 0.274 e. The molecule has 0 unspecified atom stereocenters. The van der Waals surface area contributed by atoms with Crippen molar-refractivity contribution in [2.45, 2.75) is 37.5 Å². The summed E-state index contributed by atoms with van der Waals surface area (Å²) in [5.74, 6) is -0.707. The molecule has 1 aliphatic heterocycles. The van der Waals surface area contributed by atoms with E-state index in [1.54, 1.807) is 19.2 Å². The van der Waals surface area contributed by atoms with Crippen LogP contribution in [0.15, 0.2) is 41.4 Å². The number of halogens is 1. The Bertz CT molecular complexity index is 1230. The number of carbonyl (C=O) groups is 1. The molecule has 32 heavy (non-hydrogen) atoms. The Hall–Kier alpha value is -2.56. The van der Waals surface area contributed by atoms with Crippen molar-refractivity contribution in [3.8, 4) is 0 Å². The van der Waals surface area contributed by atoms with Crippen molar-refractivity contribution >= 4 is 32.4 Å².